The first-order chi connectivity index (χ1) is 18.0. The molecule has 2 amide bonds. The lowest BCUT2D eigenvalue weighted by Crippen LogP contribution is -2.54. The van der Waals surface area contributed by atoms with E-state index in [0.29, 0.717) is 17.2 Å². The van der Waals surface area contributed by atoms with E-state index in [9.17, 15) is 9.59 Å². The molecule has 1 saturated heterocycles. The van der Waals surface area contributed by atoms with Gasteiger partial charge in [0.05, 0.1) is 12.8 Å². The number of carbonyl (C=O) groups excluding carboxylic acids is 2. The molecule has 6 nitrogen and oxygen atoms in total. The Hall–Kier alpha value is -4.75. The third kappa shape index (κ3) is 5.12. The van der Waals surface area contributed by atoms with Crippen molar-refractivity contribution in [2.45, 2.75) is 0 Å². The van der Waals surface area contributed by atoms with Crippen molar-refractivity contribution in [1.82, 2.24) is 5.32 Å². The third-order valence-corrected chi connectivity index (χ3v) is 6.12. The standard InChI is InChI=1S/C30H22N2O4S/c1-35-23-15-11-20(12-16-23)26-10-6-5-7-21(26)19-27-28(33)31-30(37)32(29(27)34)22-13-17-25(18-14-22)36-24-8-3-2-4-9-24/h2-19H,1H3,(H,31,33,37)/b27-19+. The SMILES string of the molecule is COc1ccc(-c2ccccc2/C=C2\C(=O)NC(=S)N(c3ccc(Oc4ccccc4)cc3)C2=O)cc1. The summed E-state index contributed by atoms with van der Waals surface area (Å²) in [5.74, 6) is 1.01. The lowest BCUT2D eigenvalue weighted by molar-refractivity contribution is -0.122. The first kappa shape index (κ1) is 24.0. The molecule has 0 radical (unpaired) electrons. The van der Waals surface area contributed by atoms with E-state index in [0.717, 1.165) is 22.4 Å². The normalized spacial score (nSPS) is 14.5. The van der Waals surface area contributed by atoms with Crippen LogP contribution in [-0.2, 0) is 9.59 Å². The predicted molar refractivity (Wildman–Crippen MR) is 148 cm³/mol. The fourth-order valence-electron chi connectivity index (χ4n) is 3.99. The van der Waals surface area contributed by atoms with Crippen LogP contribution in [0.25, 0.3) is 17.2 Å². The van der Waals surface area contributed by atoms with E-state index in [-0.39, 0.29) is 10.7 Å². The van der Waals surface area contributed by atoms with Gasteiger partial charge in [-0.2, -0.15) is 0 Å². The minimum Gasteiger partial charge on any atom is -0.497 e. The van der Waals surface area contributed by atoms with E-state index < -0.39 is 11.8 Å². The molecule has 5 rings (SSSR count). The van der Waals surface area contributed by atoms with E-state index in [1.807, 2.05) is 78.9 Å². The highest BCUT2D eigenvalue weighted by Gasteiger charge is 2.34. The van der Waals surface area contributed by atoms with E-state index in [4.69, 9.17) is 21.7 Å². The average Bonchev–Trinajstić information content (AvgIpc) is 2.93. The largest absolute Gasteiger partial charge is 0.497 e. The third-order valence-electron chi connectivity index (χ3n) is 5.84. The van der Waals surface area contributed by atoms with Crippen LogP contribution in [0.3, 0.4) is 0 Å². The second-order valence-electron chi connectivity index (χ2n) is 8.18. The number of hydrogen-bond donors (Lipinski definition) is 1. The molecule has 0 atom stereocenters. The van der Waals surface area contributed by atoms with Crippen LogP contribution in [-0.4, -0.2) is 24.0 Å². The zero-order chi connectivity index (χ0) is 25.8. The molecule has 0 saturated carbocycles. The van der Waals surface area contributed by atoms with Crippen molar-refractivity contribution in [1.29, 1.82) is 0 Å². The Balaban J connectivity index is 1.45. The maximum absolute atomic E-state index is 13.5. The van der Waals surface area contributed by atoms with Gasteiger partial charge in [0, 0.05) is 0 Å². The van der Waals surface area contributed by atoms with Crippen LogP contribution in [0.15, 0.2) is 109 Å². The van der Waals surface area contributed by atoms with Crippen LogP contribution in [0.5, 0.6) is 17.2 Å². The molecule has 0 bridgehead atoms. The van der Waals surface area contributed by atoms with Gasteiger partial charge >= 0.3 is 0 Å². The van der Waals surface area contributed by atoms with Crippen LogP contribution < -0.4 is 19.7 Å². The Morgan fingerprint density at radius 2 is 1.38 bits per heavy atom. The van der Waals surface area contributed by atoms with Gasteiger partial charge < -0.3 is 9.47 Å². The van der Waals surface area contributed by atoms with Crippen molar-refractivity contribution in [3.63, 3.8) is 0 Å². The summed E-state index contributed by atoms with van der Waals surface area (Å²) in [6.07, 6.45) is 1.60. The minimum absolute atomic E-state index is 0.0147. The number of carbonyl (C=O) groups is 2. The molecule has 1 heterocycles. The van der Waals surface area contributed by atoms with Gasteiger partial charge in [-0.25, -0.2) is 0 Å². The number of hydrogen-bond acceptors (Lipinski definition) is 5. The van der Waals surface area contributed by atoms with Crippen molar-refractivity contribution in [2.75, 3.05) is 12.0 Å². The number of methoxy groups -OCH3 is 1. The summed E-state index contributed by atoms with van der Waals surface area (Å²) >= 11 is 5.35. The molecule has 182 valence electrons. The van der Waals surface area contributed by atoms with Gasteiger partial charge in [0.15, 0.2) is 5.11 Å². The molecule has 1 aliphatic heterocycles. The highest BCUT2D eigenvalue weighted by atomic mass is 32.1. The van der Waals surface area contributed by atoms with Gasteiger partial charge in [0.25, 0.3) is 11.8 Å². The van der Waals surface area contributed by atoms with Gasteiger partial charge in [-0.15, -0.1) is 0 Å². The van der Waals surface area contributed by atoms with Crippen molar-refractivity contribution in [3.05, 3.63) is 114 Å². The fraction of sp³-hybridized carbons (Fsp3) is 0.0333. The molecule has 1 fully saturated rings. The summed E-state index contributed by atoms with van der Waals surface area (Å²) in [6.45, 7) is 0. The number of nitrogens with one attached hydrogen (secondary N) is 1. The fourth-order valence-corrected chi connectivity index (χ4v) is 4.27. The van der Waals surface area contributed by atoms with Crippen molar-refractivity contribution in [2.24, 2.45) is 0 Å². The molecule has 4 aromatic rings. The van der Waals surface area contributed by atoms with Gasteiger partial charge in [-0.1, -0.05) is 54.6 Å². The number of para-hydroxylation sites is 1. The van der Waals surface area contributed by atoms with Crippen molar-refractivity contribution < 1.29 is 19.1 Å². The van der Waals surface area contributed by atoms with Gasteiger partial charge in [0.1, 0.15) is 22.8 Å². The number of thiocarbonyl (C=S) groups is 1. The Labute approximate surface area is 219 Å². The van der Waals surface area contributed by atoms with Crippen LogP contribution in [0, 0.1) is 0 Å². The molecule has 0 aliphatic carbocycles. The number of rotatable bonds is 6. The van der Waals surface area contributed by atoms with Crippen LogP contribution >= 0.6 is 12.2 Å². The first-order valence-electron chi connectivity index (χ1n) is 11.5. The lowest BCUT2D eigenvalue weighted by atomic mass is 9.97. The maximum Gasteiger partial charge on any atom is 0.270 e. The maximum atomic E-state index is 13.5. The quantitative estimate of drug-likeness (QED) is 0.198. The number of benzene rings is 4. The van der Waals surface area contributed by atoms with E-state index in [1.54, 1.807) is 37.5 Å². The molecule has 0 aromatic heterocycles. The second-order valence-corrected chi connectivity index (χ2v) is 8.57. The van der Waals surface area contributed by atoms with Crippen molar-refractivity contribution in [3.8, 4) is 28.4 Å². The highest BCUT2D eigenvalue weighted by molar-refractivity contribution is 7.80. The molecule has 0 spiro atoms. The summed E-state index contributed by atoms with van der Waals surface area (Å²) in [5.41, 5.74) is 3.04. The summed E-state index contributed by atoms with van der Waals surface area (Å²) < 4.78 is 11.1. The average molecular weight is 507 g/mol. The monoisotopic (exact) mass is 506 g/mol. The molecular weight excluding hydrogens is 484 g/mol. The molecule has 1 aliphatic rings. The minimum atomic E-state index is -0.542. The summed E-state index contributed by atoms with van der Waals surface area (Å²) in [5, 5.41) is 2.66. The van der Waals surface area contributed by atoms with Crippen LogP contribution in [0.2, 0.25) is 0 Å². The zero-order valence-electron chi connectivity index (χ0n) is 19.9. The molecule has 37 heavy (non-hydrogen) atoms. The number of nitrogens with zero attached hydrogens (tertiary/aromatic N) is 1. The number of ether oxygens (including phenoxy) is 2. The Kier molecular flexibility index (Phi) is 6.78. The molecular formula is C30H22N2O4S. The highest BCUT2D eigenvalue weighted by Crippen LogP contribution is 2.30. The van der Waals surface area contributed by atoms with E-state index >= 15 is 0 Å². The summed E-state index contributed by atoms with van der Waals surface area (Å²) in [4.78, 5) is 27.7. The predicted octanol–water partition coefficient (Wildman–Crippen LogP) is 5.99. The molecule has 0 unspecified atom stereocenters. The van der Waals surface area contributed by atoms with Crippen LogP contribution in [0.4, 0.5) is 5.69 Å². The summed E-state index contributed by atoms with van der Waals surface area (Å²) in [6, 6.07) is 31.5. The number of anilines is 1. The first-order valence-corrected chi connectivity index (χ1v) is 11.9. The Morgan fingerprint density at radius 3 is 2.08 bits per heavy atom. The van der Waals surface area contributed by atoms with Gasteiger partial charge in [-0.05, 0) is 83.5 Å². The molecule has 4 aromatic carbocycles. The van der Waals surface area contributed by atoms with Gasteiger partial charge in [-0.3, -0.25) is 19.8 Å². The summed E-state index contributed by atoms with van der Waals surface area (Å²) in [7, 11) is 1.61. The zero-order valence-corrected chi connectivity index (χ0v) is 20.7. The topological polar surface area (TPSA) is 67.9 Å². The Bertz CT molecular complexity index is 1500. The second kappa shape index (κ2) is 10.5. The number of amides is 2. The van der Waals surface area contributed by atoms with Gasteiger partial charge in [0.2, 0.25) is 0 Å². The molecule has 1 N–H and O–H groups in total. The van der Waals surface area contributed by atoms with E-state index in [1.165, 1.54) is 4.90 Å². The lowest BCUT2D eigenvalue weighted by Gasteiger charge is -2.29. The van der Waals surface area contributed by atoms with E-state index in [2.05, 4.69) is 5.32 Å². The molecule has 7 heteroatoms. The van der Waals surface area contributed by atoms with Crippen molar-refractivity contribution >= 4 is 40.9 Å². The van der Waals surface area contributed by atoms with Crippen LogP contribution in [0.1, 0.15) is 5.56 Å². The Morgan fingerprint density at radius 1 is 0.757 bits per heavy atom. The smallest absolute Gasteiger partial charge is 0.270 e.